The number of imidazole rings is 2. The molecule has 200 valence electrons. The fourth-order valence-corrected chi connectivity index (χ4v) is 5.91. The molecule has 0 saturated carbocycles. The summed E-state index contributed by atoms with van der Waals surface area (Å²) in [6, 6.07) is 21.5. The maximum atomic E-state index is 5.12. The summed E-state index contributed by atoms with van der Waals surface area (Å²) in [6.45, 7) is 6.22. The third-order valence-electron chi connectivity index (χ3n) is 7.92. The number of aryl methyl sites for hydroxylation is 4. The molecule has 7 rings (SSSR count). The van der Waals surface area contributed by atoms with E-state index in [2.05, 4.69) is 92.3 Å². The van der Waals surface area contributed by atoms with Crippen LogP contribution in [-0.2, 0) is 25.9 Å². The third kappa shape index (κ3) is 4.39. The Morgan fingerprint density at radius 2 is 1.77 bits per heavy atom. The van der Waals surface area contributed by atoms with Crippen LogP contribution in [0.1, 0.15) is 49.0 Å². The van der Waals surface area contributed by atoms with Crippen LogP contribution in [0.4, 0.5) is 0 Å². The lowest BCUT2D eigenvalue weighted by molar-refractivity contribution is 0.522. The van der Waals surface area contributed by atoms with Crippen molar-refractivity contribution in [1.82, 2.24) is 39.7 Å². The first-order valence-electron chi connectivity index (χ1n) is 14.2. The van der Waals surface area contributed by atoms with Crippen molar-refractivity contribution in [2.24, 2.45) is 0 Å². The number of rotatable bonds is 7. The van der Waals surface area contributed by atoms with Crippen LogP contribution in [-0.4, -0.2) is 39.7 Å². The van der Waals surface area contributed by atoms with Gasteiger partial charge in [-0.15, -0.1) is 10.2 Å². The summed E-state index contributed by atoms with van der Waals surface area (Å²) in [7, 11) is 0. The summed E-state index contributed by atoms with van der Waals surface area (Å²) in [5.74, 6) is 2.94. The van der Waals surface area contributed by atoms with Gasteiger partial charge in [0.1, 0.15) is 11.6 Å². The zero-order valence-corrected chi connectivity index (χ0v) is 22.9. The van der Waals surface area contributed by atoms with Crippen LogP contribution in [0.25, 0.3) is 44.8 Å². The van der Waals surface area contributed by atoms with Gasteiger partial charge in [-0.1, -0.05) is 55.5 Å². The molecule has 0 amide bonds. The van der Waals surface area contributed by atoms with Crippen molar-refractivity contribution < 1.29 is 0 Å². The van der Waals surface area contributed by atoms with E-state index in [1.54, 1.807) is 0 Å². The number of nitrogens with zero attached hydrogens (tertiary/aromatic N) is 7. The number of aromatic amines is 1. The highest BCUT2D eigenvalue weighted by molar-refractivity contribution is 5.85. The van der Waals surface area contributed by atoms with E-state index >= 15 is 0 Å². The summed E-state index contributed by atoms with van der Waals surface area (Å²) in [5.41, 5.74) is 10.1. The SMILES string of the molecule is CCCc1nc2c(C)cc(-c3cn4c(n3)CCCC4)cc2n1Cc1ccc(-c2ccccc2-c2nn[nH]n2)cc1. The first kappa shape index (κ1) is 24.5. The fraction of sp³-hybridized carbons (Fsp3) is 0.281. The van der Waals surface area contributed by atoms with Gasteiger partial charge in [-0.2, -0.15) is 5.21 Å². The van der Waals surface area contributed by atoms with E-state index in [1.807, 2.05) is 18.2 Å². The number of hydrogen-bond donors (Lipinski definition) is 1. The van der Waals surface area contributed by atoms with Crippen molar-refractivity contribution in [3.8, 4) is 33.8 Å². The highest BCUT2D eigenvalue weighted by Gasteiger charge is 2.18. The summed E-state index contributed by atoms with van der Waals surface area (Å²) >= 11 is 0. The van der Waals surface area contributed by atoms with Crippen LogP contribution < -0.4 is 0 Å². The van der Waals surface area contributed by atoms with Crippen LogP contribution in [0.3, 0.4) is 0 Å². The van der Waals surface area contributed by atoms with Crippen molar-refractivity contribution >= 4 is 11.0 Å². The van der Waals surface area contributed by atoms with E-state index in [0.29, 0.717) is 5.82 Å². The minimum Gasteiger partial charge on any atom is -0.334 e. The molecule has 3 aromatic heterocycles. The zero-order chi connectivity index (χ0) is 27.1. The third-order valence-corrected chi connectivity index (χ3v) is 7.92. The van der Waals surface area contributed by atoms with E-state index in [4.69, 9.17) is 9.97 Å². The van der Waals surface area contributed by atoms with Crippen molar-refractivity contribution in [1.29, 1.82) is 0 Å². The van der Waals surface area contributed by atoms with E-state index in [9.17, 15) is 0 Å². The summed E-state index contributed by atoms with van der Waals surface area (Å²) in [6.07, 6.45) is 7.75. The van der Waals surface area contributed by atoms with Gasteiger partial charge >= 0.3 is 0 Å². The Hall–Kier alpha value is -4.59. The van der Waals surface area contributed by atoms with Crippen LogP contribution in [0.2, 0.25) is 0 Å². The molecule has 0 atom stereocenters. The molecule has 6 aromatic rings. The molecular weight excluding hydrogens is 496 g/mol. The molecule has 0 fully saturated rings. The van der Waals surface area contributed by atoms with Crippen molar-refractivity contribution in [3.05, 3.63) is 89.6 Å². The van der Waals surface area contributed by atoms with Crippen molar-refractivity contribution in [2.45, 2.75) is 59.0 Å². The molecule has 3 aromatic carbocycles. The number of hydrogen-bond acceptors (Lipinski definition) is 5. The molecule has 0 spiro atoms. The van der Waals surface area contributed by atoms with Crippen LogP contribution >= 0.6 is 0 Å². The molecule has 8 nitrogen and oxygen atoms in total. The molecule has 0 aliphatic carbocycles. The number of H-pyrrole nitrogens is 1. The Morgan fingerprint density at radius 3 is 2.55 bits per heavy atom. The van der Waals surface area contributed by atoms with E-state index in [-0.39, 0.29) is 0 Å². The van der Waals surface area contributed by atoms with Crippen molar-refractivity contribution in [2.75, 3.05) is 0 Å². The average molecular weight is 529 g/mol. The first-order chi connectivity index (χ1) is 19.7. The van der Waals surface area contributed by atoms with E-state index in [1.165, 1.54) is 40.9 Å². The number of nitrogens with one attached hydrogen (secondary N) is 1. The predicted octanol–water partition coefficient (Wildman–Crippen LogP) is 6.39. The van der Waals surface area contributed by atoms with Gasteiger partial charge in [0.2, 0.25) is 5.82 Å². The molecule has 1 N–H and O–H groups in total. The number of benzene rings is 3. The van der Waals surface area contributed by atoms with Gasteiger partial charge in [0.25, 0.3) is 0 Å². The molecule has 0 bridgehead atoms. The Bertz CT molecular complexity index is 1770. The molecule has 4 heterocycles. The van der Waals surface area contributed by atoms with Gasteiger partial charge in [0.15, 0.2) is 0 Å². The number of tetrazole rings is 1. The first-order valence-corrected chi connectivity index (χ1v) is 14.2. The van der Waals surface area contributed by atoms with Gasteiger partial charge in [-0.05, 0) is 65.8 Å². The van der Waals surface area contributed by atoms with Crippen LogP contribution in [0.15, 0.2) is 66.9 Å². The smallest absolute Gasteiger partial charge is 0.205 e. The lowest BCUT2D eigenvalue weighted by Gasteiger charge is -2.12. The molecule has 8 heteroatoms. The molecular formula is C32H32N8. The topological polar surface area (TPSA) is 90.1 Å². The minimum absolute atomic E-state index is 0.596. The summed E-state index contributed by atoms with van der Waals surface area (Å²) in [4.78, 5) is 10.1. The average Bonchev–Trinajstić information content (AvgIpc) is 3.74. The Labute approximate surface area is 233 Å². The molecule has 1 aliphatic rings. The lowest BCUT2D eigenvalue weighted by Crippen LogP contribution is -2.08. The predicted molar refractivity (Wildman–Crippen MR) is 157 cm³/mol. The Morgan fingerprint density at radius 1 is 0.925 bits per heavy atom. The van der Waals surface area contributed by atoms with E-state index in [0.717, 1.165) is 66.1 Å². The molecule has 0 unspecified atom stereocenters. The largest absolute Gasteiger partial charge is 0.334 e. The normalized spacial score (nSPS) is 13.2. The highest BCUT2D eigenvalue weighted by Crippen LogP contribution is 2.32. The highest BCUT2D eigenvalue weighted by atomic mass is 15.5. The molecule has 0 radical (unpaired) electrons. The minimum atomic E-state index is 0.596. The van der Waals surface area contributed by atoms with Crippen molar-refractivity contribution in [3.63, 3.8) is 0 Å². The number of aromatic nitrogens is 8. The quantitative estimate of drug-likeness (QED) is 0.259. The van der Waals surface area contributed by atoms with E-state index < -0.39 is 0 Å². The maximum Gasteiger partial charge on any atom is 0.205 e. The second-order valence-corrected chi connectivity index (χ2v) is 10.7. The molecule has 0 saturated heterocycles. The standard InChI is InChI=1S/C32H32N8/c1-3-8-30-34-31-21(2)17-24(27-20-39-16-7-6-11-29(39)33-27)18-28(31)40(30)19-22-12-14-23(15-13-22)25-9-4-5-10-26(25)32-35-37-38-36-32/h4-5,9-10,12-15,17-18,20H,3,6-8,11,16,19H2,1-2H3,(H,35,36,37,38). The van der Waals surface area contributed by atoms with Crippen LogP contribution in [0.5, 0.6) is 0 Å². The Kier molecular flexibility index (Phi) is 6.23. The van der Waals surface area contributed by atoms with Crippen LogP contribution in [0, 0.1) is 6.92 Å². The fourth-order valence-electron chi connectivity index (χ4n) is 5.91. The zero-order valence-electron chi connectivity index (χ0n) is 22.9. The van der Waals surface area contributed by atoms with Gasteiger partial charge in [-0.25, -0.2) is 9.97 Å². The molecule has 40 heavy (non-hydrogen) atoms. The maximum absolute atomic E-state index is 5.12. The lowest BCUT2D eigenvalue weighted by atomic mass is 9.98. The van der Waals surface area contributed by atoms with Gasteiger partial charge < -0.3 is 9.13 Å². The van der Waals surface area contributed by atoms with Gasteiger partial charge in [0, 0.05) is 43.3 Å². The van der Waals surface area contributed by atoms with Gasteiger partial charge in [-0.3, -0.25) is 0 Å². The Balaban J connectivity index is 1.25. The monoisotopic (exact) mass is 528 g/mol. The summed E-state index contributed by atoms with van der Waals surface area (Å²) in [5, 5.41) is 14.7. The second kappa shape index (κ2) is 10.2. The van der Waals surface area contributed by atoms with Gasteiger partial charge in [0.05, 0.1) is 16.7 Å². The molecule has 1 aliphatic heterocycles. The summed E-state index contributed by atoms with van der Waals surface area (Å²) < 4.78 is 4.73. The number of fused-ring (bicyclic) bond motifs is 2. The second-order valence-electron chi connectivity index (χ2n) is 10.7.